The van der Waals surface area contributed by atoms with E-state index >= 15 is 0 Å². The summed E-state index contributed by atoms with van der Waals surface area (Å²) in [5.74, 6) is -1.23. The number of amides is 2. The van der Waals surface area contributed by atoms with E-state index in [-0.39, 0.29) is 11.6 Å². The Balaban J connectivity index is 1.97. The van der Waals surface area contributed by atoms with Gasteiger partial charge in [0.15, 0.2) is 0 Å². The van der Waals surface area contributed by atoms with E-state index in [1.807, 2.05) is 13.8 Å². The van der Waals surface area contributed by atoms with Crippen LogP contribution in [0.5, 0.6) is 0 Å². The lowest BCUT2D eigenvalue weighted by Crippen LogP contribution is -2.56. The number of carbonyl (C=O) groups excluding carboxylic acids is 1. The predicted octanol–water partition coefficient (Wildman–Crippen LogP) is 1.01. The van der Waals surface area contributed by atoms with Gasteiger partial charge in [0.05, 0.1) is 24.7 Å². The molecule has 1 N–H and O–H groups in total. The Morgan fingerprint density at radius 2 is 2.00 bits per heavy atom. The van der Waals surface area contributed by atoms with Gasteiger partial charge >= 0.3 is 12.0 Å². The summed E-state index contributed by atoms with van der Waals surface area (Å²) in [7, 11) is 0. The highest BCUT2D eigenvalue weighted by Gasteiger charge is 2.35. The van der Waals surface area contributed by atoms with Gasteiger partial charge in [-0.25, -0.2) is 4.79 Å². The van der Waals surface area contributed by atoms with Crippen molar-refractivity contribution in [2.45, 2.75) is 32.3 Å². The number of hydrogen-bond acceptors (Lipinski definition) is 3. The summed E-state index contributed by atoms with van der Waals surface area (Å²) in [6, 6.07) is -0.0534. The molecule has 2 amide bonds. The number of urea groups is 1. The number of ether oxygens (including phenoxy) is 1. The number of carboxylic acids is 1. The first-order chi connectivity index (χ1) is 8.89. The van der Waals surface area contributed by atoms with Crippen LogP contribution in [0.4, 0.5) is 4.79 Å². The number of rotatable bonds is 1. The van der Waals surface area contributed by atoms with Gasteiger partial charge in [0, 0.05) is 19.6 Å². The van der Waals surface area contributed by atoms with Gasteiger partial charge in [-0.1, -0.05) is 0 Å². The van der Waals surface area contributed by atoms with E-state index in [0.29, 0.717) is 39.2 Å². The molecule has 2 aliphatic rings. The number of hydrogen-bond donors (Lipinski definition) is 1. The van der Waals surface area contributed by atoms with Gasteiger partial charge in [-0.2, -0.15) is 0 Å². The highest BCUT2D eigenvalue weighted by atomic mass is 16.5. The van der Waals surface area contributed by atoms with E-state index in [9.17, 15) is 9.59 Å². The zero-order valence-electron chi connectivity index (χ0n) is 11.6. The smallest absolute Gasteiger partial charge is 0.320 e. The number of carboxylic acid groups (broad SMARTS) is 1. The molecule has 0 bridgehead atoms. The van der Waals surface area contributed by atoms with Crippen LogP contribution in [0.25, 0.3) is 0 Å². The zero-order valence-corrected chi connectivity index (χ0v) is 11.6. The van der Waals surface area contributed by atoms with Crippen LogP contribution in [0.1, 0.15) is 26.7 Å². The van der Waals surface area contributed by atoms with E-state index < -0.39 is 11.9 Å². The van der Waals surface area contributed by atoms with Crippen LogP contribution in [-0.2, 0) is 9.53 Å². The van der Waals surface area contributed by atoms with Crippen molar-refractivity contribution in [3.63, 3.8) is 0 Å². The molecule has 0 aromatic heterocycles. The Kier molecular flexibility index (Phi) is 3.99. The monoisotopic (exact) mass is 270 g/mol. The fraction of sp³-hybridized carbons (Fsp3) is 0.846. The molecule has 2 heterocycles. The van der Waals surface area contributed by atoms with Gasteiger partial charge in [-0.3, -0.25) is 4.79 Å². The van der Waals surface area contributed by atoms with Crippen molar-refractivity contribution >= 4 is 12.0 Å². The second kappa shape index (κ2) is 5.36. The molecule has 2 fully saturated rings. The maximum Gasteiger partial charge on any atom is 0.320 e. The third-order valence-corrected chi connectivity index (χ3v) is 3.74. The zero-order chi connectivity index (χ0) is 14.0. The van der Waals surface area contributed by atoms with Crippen molar-refractivity contribution in [1.29, 1.82) is 0 Å². The standard InChI is InChI=1S/C13H22N2O4/c1-13(2)9-15(6-7-19-13)12(18)14-5-3-4-10(8-14)11(16)17/h10H,3-9H2,1-2H3,(H,16,17). The molecule has 2 saturated heterocycles. The quantitative estimate of drug-likeness (QED) is 0.772. The maximum atomic E-state index is 12.4. The van der Waals surface area contributed by atoms with Gasteiger partial charge in [0.2, 0.25) is 0 Å². The molecule has 6 nitrogen and oxygen atoms in total. The van der Waals surface area contributed by atoms with E-state index in [1.165, 1.54) is 0 Å². The predicted molar refractivity (Wildman–Crippen MR) is 68.9 cm³/mol. The number of morpholine rings is 1. The minimum Gasteiger partial charge on any atom is -0.481 e. The Morgan fingerprint density at radius 3 is 2.63 bits per heavy atom. The Hall–Kier alpha value is -1.30. The summed E-state index contributed by atoms with van der Waals surface area (Å²) >= 11 is 0. The number of piperidine rings is 1. The fourth-order valence-corrected chi connectivity index (χ4v) is 2.73. The first-order valence-corrected chi connectivity index (χ1v) is 6.80. The largest absolute Gasteiger partial charge is 0.481 e. The van der Waals surface area contributed by atoms with Crippen LogP contribution < -0.4 is 0 Å². The molecule has 108 valence electrons. The Labute approximate surface area is 113 Å². The average Bonchev–Trinajstić information content (AvgIpc) is 2.37. The average molecular weight is 270 g/mol. The minimum absolute atomic E-state index is 0.0534. The first-order valence-electron chi connectivity index (χ1n) is 6.80. The second-order valence-electron chi connectivity index (χ2n) is 5.94. The summed E-state index contributed by atoms with van der Waals surface area (Å²) < 4.78 is 5.59. The van der Waals surface area contributed by atoms with Crippen LogP contribution in [0.15, 0.2) is 0 Å². The van der Waals surface area contributed by atoms with Crippen molar-refractivity contribution < 1.29 is 19.4 Å². The van der Waals surface area contributed by atoms with Crippen molar-refractivity contribution in [2.75, 3.05) is 32.8 Å². The molecule has 0 aliphatic carbocycles. The number of carbonyl (C=O) groups is 2. The molecule has 19 heavy (non-hydrogen) atoms. The number of likely N-dealkylation sites (tertiary alicyclic amines) is 1. The highest BCUT2D eigenvalue weighted by molar-refractivity contribution is 5.77. The van der Waals surface area contributed by atoms with Gasteiger partial charge < -0.3 is 19.6 Å². The number of aliphatic carboxylic acids is 1. The van der Waals surface area contributed by atoms with Crippen molar-refractivity contribution in [2.24, 2.45) is 5.92 Å². The maximum absolute atomic E-state index is 12.4. The second-order valence-corrected chi connectivity index (χ2v) is 5.94. The molecular weight excluding hydrogens is 248 g/mol. The van der Waals surface area contributed by atoms with Gasteiger partial charge in [0.1, 0.15) is 0 Å². The molecule has 0 spiro atoms. The molecular formula is C13H22N2O4. The van der Waals surface area contributed by atoms with Gasteiger partial charge in [-0.15, -0.1) is 0 Å². The molecule has 0 aromatic rings. The van der Waals surface area contributed by atoms with Crippen molar-refractivity contribution in [3.8, 4) is 0 Å². The van der Waals surface area contributed by atoms with E-state index in [1.54, 1.807) is 9.80 Å². The highest BCUT2D eigenvalue weighted by Crippen LogP contribution is 2.21. The van der Waals surface area contributed by atoms with Crippen LogP contribution in [0, 0.1) is 5.92 Å². The molecule has 0 aromatic carbocycles. The summed E-state index contributed by atoms with van der Waals surface area (Å²) in [5, 5.41) is 9.06. The topological polar surface area (TPSA) is 70.1 Å². The van der Waals surface area contributed by atoms with Crippen LogP contribution in [0.2, 0.25) is 0 Å². The summed E-state index contributed by atoms with van der Waals surface area (Å²) in [5.41, 5.74) is -0.324. The Morgan fingerprint density at radius 1 is 1.26 bits per heavy atom. The van der Waals surface area contributed by atoms with Crippen molar-refractivity contribution in [1.82, 2.24) is 9.80 Å². The Bertz CT molecular complexity index is 370. The third-order valence-electron chi connectivity index (χ3n) is 3.74. The molecule has 1 unspecified atom stereocenters. The molecule has 2 aliphatic heterocycles. The van der Waals surface area contributed by atoms with E-state index in [2.05, 4.69) is 0 Å². The van der Waals surface area contributed by atoms with E-state index in [0.717, 1.165) is 6.42 Å². The normalized spacial score (nSPS) is 27.2. The lowest BCUT2D eigenvalue weighted by atomic mass is 9.98. The summed E-state index contributed by atoms with van der Waals surface area (Å²) in [6.45, 7) is 6.57. The molecule has 0 saturated carbocycles. The summed E-state index contributed by atoms with van der Waals surface area (Å²) in [4.78, 5) is 26.9. The van der Waals surface area contributed by atoms with Crippen molar-refractivity contribution in [3.05, 3.63) is 0 Å². The molecule has 1 atom stereocenters. The first kappa shape index (κ1) is 14.1. The number of nitrogens with zero attached hydrogens (tertiary/aromatic N) is 2. The third kappa shape index (κ3) is 3.37. The molecule has 2 rings (SSSR count). The van der Waals surface area contributed by atoms with Gasteiger partial charge in [0.25, 0.3) is 0 Å². The lowest BCUT2D eigenvalue weighted by molar-refractivity contribution is -0.143. The molecule has 0 radical (unpaired) electrons. The fourth-order valence-electron chi connectivity index (χ4n) is 2.73. The van der Waals surface area contributed by atoms with Gasteiger partial charge in [-0.05, 0) is 26.7 Å². The van der Waals surface area contributed by atoms with E-state index in [4.69, 9.17) is 9.84 Å². The van der Waals surface area contributed by atoms with Crippen LogP contribution in [-0.4, -0.2) is 65.3 Å². The molecule has 6 heteroatoms. The SMILES string of the molecule is CC1(C)CN(C(=O)N2CCCC(C(=O)O)C2)CCO1. The van der Waals surface area contributed by atoms with Crippen LogP contribution >= 0.6 is 0 Å². The summed E-state index contributed by atoms with van der Waals surface area (Å²) in [6.07, 6.45) is 1.42. The lowest BCUT2D eigenvalue weighted by Gasteiger charge is -2.41. The minimum atomic E-state index is -0.806. The van der Waals surface area contributed by atoms with Crippen LogP contribution in [0.3, 0.4) is 0 Å².